The third kappa shape index (κ3) is 7.76. The maximum atomic E-state index is 4.42. The minimum Gasteiger partial charge on any atom is -0.372 e. The second kappa shape index (κ2) is 12.5. The van der Waals surface area contributed by atoms with Crippen molar-refractivity contribution in [2.24, 2.45) is 10.9 Å². The molecule has 0 amide bonds. The first kappa shape index (κ1) is 25.0. The molecule has 0 unspecified atom stereocenters. The van der Waals surface area contributed by atoms with E-state index in [1.807, 2.05) is 7.05 Å². The number of nitrogens with zero attached hydrogens (tertiary/aromatic N) is 3. The maximum absolute atomic E-state index is 4.42. The number of hydrogen-bond acceptors (Lipinski definition) is 3. The molecule has 168 valence electrons. The van der Waals surface area contributed by atoms with Crippen LogP contribution in [0.1, 0.15) is 45.1 Å². The summed E-state index contributed by atoms with van der Waals surface area (Å²) in [7, 11) is 1.85. The molecule has 2 N–H and O–H groups in total. The Morgan fingerprint density at radius 2 is 1.70 bits per heavy atom. The highest BCUT2D eigenvalue weighted by Crippen LogP contribution is 2.23. The van der Waals surface area contributed by atoms with Gasteiger partial charge in [0.25, 0.3) is 0 Å². The molecule has 0 atom stereocenters. The van der Waals surface area contributed by atoms with Crippen LogP contribution in [0.5, 0.6) is 0 Å². The highest BCUT2D eigenvalue weighted by atomic mass is 127. The molecule has 2 aliphatic rings. The fraction of sp³-hybridized carbons (Fsp3) is 0.625. The lowest BCUT2D eigenvalue weighted by Gasteiger charge is -2.33. The molecule has 0 bridgehead atoms. The van der Waals surface area contributed by atoms with Gasteiger partial charge in [0.2, 0.25) is 0 Å². The molecule has 30 heavy (non-hydrogen) atoms. The normalized spacial score (nSPS) is 19.3. The fourth-order valence-electron chi connectivity index (χ4n) is 4.28. The van der Waals surface area contributed by atoms with E-state index in [9.17, 15) is 0 Å². The number of halogens is 1. The Hall–Kier alpha value is -1.28. The van der Waals surface area contributed by atoms with Crippen molar-refractivity contribution in [3.63, 3.8) is 0 Å². The Morgan fingerprint density at radius 3 is 2.27 bits per heavy atom. The van der Waals surface area contributed by atoms with Crippen LogP contribution in [-0.4, -0.2) is 56.7 Å². The van der Waals surface area contributed by atoms with Gasteiger partial charge in [0.05, 0.1) is 0 Å². The van der Waals surface area contributed by atoms with Crippen LogP contribution in [0.2, 0.25) is 0 Å². The summed E-state index contributed by atoms with van der Waals surface area (Å²) in [5.41, 5.74) is 3.89. The van der Waals surface area contributed by atoms with Crippen molar-refractivity contribution < 1.29 is 0 Å². The number of nitrogens with one attached hydrogen (secondary N) is 2. The summed E-state index contributed by atoms with van der Waals surface area (Å²) in [6, 6.07) is 9.50. The van der Waals surface area contributed by atoms with Crippen LogP contribution < -0.4 is 15.5 Å². The molecule has 0 aliphatic carbocycles. The Kier molecular flexibility index (Phi) is 10.4. The van der Waals surface area contributed by atoms with E-state index in [1.165, 1.54) is 42.8 Å². The topological polar surface area (TPSA) is 42.9 Å². The molecule has 0 radical (unpaired) electrons. The molecular formula is C24H40IN5. The molecule has 5 nitrogen and oxygen atoms in total. The summed E-state index contributed by atoms with van der Waals surface area (Å²) in [6.45, 7) is 14.9. The van der Waals surface area contributed by atoms with Crippen LogP contribution in [0.15, 0.2) is 41.4 Å². The Morgan fingerprint density at radius 1 is 1.07 bits per heavy atom. The van der Waals surface area contributed by atoms with Crippen molar-refractivity contribution in [3.8, 4) is 0 Å². The lowest BCUT2D eigenvalue weighted by atomic mass is 9.99. The summed E-state index contributed by atoms with van der Waals surface area (Å²) in [4.78, 5) is 9.42. The van der Waals surface area contributed by atoms with Crippen LogP contribution in [0.4, 0.5) is 5.69 Å². The lowest BCUT2D eigenvalue weighted by Crippen LogP contribution is -2.48. The van der Waals surface area contributed by atoms with E-state index in [-0.39, 0.29) is 24.0 Å². The first-order valence-electron chi connectivity index (χ1n) is 11.2. The second-order valence-electron chi connectivity index (χ2n) is 8.91. The Bertz CT molecular complexity index is 671. The number of anilines is 1. The fourth-order valence-corrected chi connectivity index (χ4v) is 4.28. The molecule has 0 aromatic heterocycles. The van der Waals surface area contributed by atoms with Crippen LogP contribution in [0, 0.1) is 5.92 Å². The molecule has 1 aromatic carbocycles. The molecule has 2 saturated heterocycles. The molecule has 0 saturated carbocycles. The monoisotopic (exact) mass is 525 g/mol. The number of rotatable bonds is 6. The molecule has 2 heterocycles. The van der Waals surface area contributed by atoms with Gasteiger partial charge in [-0.1, -0.05) is 31.2 Å². The van der Waals surface area contributed by atoms with Crippen molar-refractivity contribution in [1.29, 1.82) is 0 Å². The van der Waals surface area contributed by atoms with Gasteiger partial charge in [-0.3, -0.25) is 9.89 Å². The highest BCUT2D eigenvalue weighted by molar-refractivity contribution is 14.0. The Labute approximate surface area is 200 Å². The number of guanidine groups is 1. The zero-order chi connectivity index (χ0) is 20.6. The third-order valence-electron chi connectivity index (χ3n) is 6.19. The highest BCUT2D eigenvalue weighted by Gasteiger charge is 2.20. The summed E-state index contributed by atoms with van der Waals surface area (Å²) in [6.07, 6.45) is 4.91. The van der Waals surface area contributed by atoms with E-state index in [1.54, 1.807) is 0 Å². The van der Waals surface area contributed by atoms with Crippen LogP contribution in [0.3, 0.4) is 0 Å². The van der Waals surface area contributed by atoms with Crippen molar-refractivity contribution in [2.75, 3.05) is 44.7 Å². The first-order valence-corrected chi connectivity index (χ1v) is 11.2. The van der Waals surface area contributed by atoms with Gasteiger partial charge < -0.3 is 15.5 Å². The summed E-state index contributed by atoms with van der Waals surface area (Å²) in [5, 5.41) is 7.08. The molecule has 0 spiro atoms. The van der Waals surface area contributed by atoms with Crippen LogP contribution in [-0.2, 0) is 6.54 Å². The number of piperidine rings is 2. The zero-order valence-electron chi connectivity index (χ0n) is 19.0. The lowest BCUT2D eigenvalue weighted by molar-refractivity contribution is 0.221. The van der Waals surface area contributed by atoms with Crippen LogP contribution in [0.25, 0.3) is 0 Å². The molecular weight excluding hydrogens is 485 g/mol. The van der Waals surface area contributed by atoms with Gasteiger partial charge >= 0.3 is 0 Å². The minimum atomic E-state index is 0. The average molecular weight is 526 g/mol. The van der Waals surface area contributed by atoms with Crippen molar-refractivity contribution >= 4 is 35.6 Å². The number of benzene rings is 1. The maximum Gasteiger partial charge on any atom is 0.191 e. The zero-order valence-corrected chi connectivity index (χ0v) is 21.3. The van der Waals surface area contributed by atoms with E-state index in [0.717, 1.165) is 50.9 Å². The third-order valence-corrected chi connectivity index (χ3v) is 6.19. The van der Waals surface area contributed by atoms with Gasteiger partial charge in [-0.25, -0.2) is 0 Å². The number of hydrogen-bond donors (Lipinski definition) is 2. The SMILES string of the molecule is C=C(C)CN1CCC(NC(=NC)NCc2ccc(N3CCC(C)CC3)cc2)CC1.I. The molecule has 2 fully saturated rings. The van der Waals surface area contributed by atoms with E-state index >= 15 is 0 Å². The predicted octanol–water partition coefficient (Wildman–Crippen LogP) is 4.25. The van der Waals surface area contributed by atoms with Gasteiger partial charge in [-0.15, -0.1) is 24.0 Å². The Balaban J connectivity index is 0.00000320. The molecule has 2 aliphatic heterocycles. The molecule has 1 aromatic rings. The van der Waals surface area contributed by atoms with E-state index in [2.05, 4.69) is 70.1 Å². The minimum absolute atomic E-state index is 0. The molecule has 3 rings (SSSR count). The van der Waals surface area contributed by atoms with Gasteiger partial charge in [-0.05, 0) is 56.2 Å². The largest absolute Gasteiger partial charge is 0.372 e. The van der Waals surface area contributed by atoms with E-state index < -0.39 is 0 Å². The predicted molar refractivity (Wildman–Crippen MR) is 140 cm³/mol. The van der Waals surface area contributed by atoms with Gasteiger partial charge in [-0.2, -0.15) is 0 Å². The average Bonchev–Trinajstić information content (AvgIpc) is 2.73. The summed E-state index contributed by atoms with van der Waals surface area (Å²) < 4.78 is 0. The first-order chi connectivity index (χ1) is 14.0. The number of likely N-dealkylation sites (tertiary alicyclic amines) is 1. The smallest absolute Gasteiger partial charge is 0.191 e. The van der Waals surface area contributed by atoms with E-state index in [4.69, 9.17) is 0 Å². The van der Waals surface area contributed by atoms with Crippen molar-refractivity contribution in [2.45, 2.75) is 52.1 Å². The van der Waals surface area contributed by atoms with Gasteiger partial charge in [0, 0.05) is 58.0 Å². The van der Waals surface area contributed by atoms with Crippen molar-refractivity contribution in [1.82, 2.24) is 15.5 Å². The number of aliphatic imine (C=N–C) groups is 1. The van der Waals surface area contributed by atoms with E-state index in [0.29, 0.717) is 6.04 Å². The molecule has 6 heteroatoms. The van der Waals surface area contributed by atoms with Gasteiger partial charge in [0.1, 0.15) is 0 Å². The standard InChI is InChI=1S/C24H39N5.HI/c1-19(2)18-28-13-11-22(12-14-28)27-24(25-4)26-17-21-5-7-23(8-6-21)29-15-9-20(3)10-16-29;/h5-8,20,22H,1,9-18H2,2-4H3,(H2,25,26,27);1H. The van der Waals surface area contributed by atoms with Crippen LogP contribution >= 0.6 is 24.0 Å². The van der Waals surface area contributed by atoms with Crippen molar-refractivity contribution in [3.05, 3.63) is 42.0 Å². The summed E-state index contributed by atoms with van der Waals surface area (Å²) in [5.74, 6) is 1.77. The second-order valence-corrected chi connectivity index (χ2v) is 8.91. The summed E-state index contributed by atoms with van der Waals surface area (Å²) >= 11 is 0. The van der Waals surface area contributed by atoms with Gasteiger partial charge in [0.15, 0.2) is 5.96 Å². The quantitative estimate of drug-likeness (QED) is 0.252.